The van der Waals surface area contributed by atoms with E-state index in [4.69, 9.17) is 9.47 Å². The van der Waals surface area contributed by atoms with E-state index in [-0.39, 0.29) is 28.3 Å². The van der Waals surface area contributed by atoms with Gasteiger partial charge in [-0.15, -0.1) is 10.2 Å². The number of methoxy groups -OCH3 is 2. The molecule has 0 aliphatic carbocycles. The third kappa shape index (κ3) is 5.20. The molecule has 0 aromatic heterocycles. The predicted molar refractivity (Wildman–Crippen MR) is 137 cm³/mol. The maximum Gasteiger partial charge on any atom is 0.270 e. The van der Waals surface area contributed by atoms with E-state index in [9.17, 15) is 20.2 Å². The van der Waals surface area contributed by atoms with Crippen molar-refractivity contribution in [3.05, 3.63) is 51.6 Å². The Hall–Kier alpha value is -4.26. The quantitative estimate of drug-likeness (QED) is 0.229. The molecule has 188 valence electrons. The predicted octanol–water partition coefficient (Wildman–Crippen LogP) is 6.27. The van der Waals surface area contributed by atoms with Gasteiger partial charge in [-0.25, -0.2) is 0 Å². The van der Waals surface area contributed by atoms with Gasteiger partial charge in [0, 0.05) is 36.7 Å². The van der Waals surface area contributed by atoms with Gasteiger partial charge in [-0.05, 0) is 45.8 Å². The number of nitrogens with zero attached hydrogens (tertiary/aromatic N) is 5. The number of hydrogen-bond donors (Lipinski definition) is 0. The van der Waals surface area contributed by atoms with Crippen molar-refractivity contribution in [1.82, 2.24) is 0 Å². The number of carbonyl (C=O) groups is 1. The van der Waals surface area contributed by atoms with Gasteiger partial charge in [0.1, 0.15) is 17.5 Å². The number of nitriles is 1. The SMILES string of the molecule is COc1cc2c(c(OC)c1N=Nc1ccc([N+](=O)[O-])cc1C#N)C(C)=CC(C)(C)N2CCCC(C)=O. The summed E-state index contributed by atoms with van der Waals surface area (Å²) in [5.41, 5.74) is 2.74. The number of allylic oxidation sites excluding steroid dienone is 1. The molecule has 0 N–H and O–H groups in total. The fourth-order valence-electron chi connectivity index (χ4n) is 4.46. The van der Waals surface area contributed by atoms with Crippen LogP contribution in [0.5, 0.6) is 11.5 Å². The number of rotatable bonds is 9. The molecule has 1 heterocycles. The number of Topliss-reactive ketones (excluding diaryl/α,β-unsaturated/α-hetero) is 1. The fourth-order valence-corrected chi connectivity index (χ4v) is 4.46. The maximum atomic E-state index is 11.5. The average Bonchev–Trinajstić information content (AvgIpc) is 2.82. The zero-order valence-corrected chi connectivity index (χ0v) is 21.3. The molecule has 10 heteroatoms. The number of azo groups is 1. The summed E-state index contributed by atoms with van der Waals surface area (Å²) in [5, 5.41) is 29.0. The highest BCUT2D eigenvalue weighted by atomic mass is 16.6. The molecule has 0 saturated carbocycles. The molecular formula is C26H29N5O5. The number of hydrogen-bond acceptors (Lipinski definition) is 9. The van der Waals surface area contributed by atoms with Gasteiger partial charge in [-0.2, -0.15) is 5.26 Å². The van der Waals surface area contributed by atoms with Crippen LogP contribution < -0.4 is 14.4 Å². The Bertz CT molecular complexity index is 1310. The third-order valence-corrected chi connectivity index (χ3v) is 6.05. The van der Waals surface area contributed by atoms with Gasteiger partial charge in [-0.3, -0.25) is 10.1 Å². The van der Waals surface area contributed by atoms with Crippen LogP contribution in [0.4, 0.5) is 22.7 Å². The van der Waals surface area contributed by atoms with E-state index in [1.807, 2.05) is 19.1 Å². The van der Waals surface area contributed by atoms with E-state index in [1.165, 1.54) is 26.4 Å². The van der Waals surface area contributed by atoms with E-state index in [2.05, 4.69) is 35.1 Å². The smallest absolute Gasteiger partial charge is 0.270 e. The average molecular weight is 492 g/mol. The Kier molecular flexibility index (Phi) is 7.73. The van der Waals surface area contributed by atoms with Crippen LogP contribution in [0.15, 0.2) is 40.6 Å². The topological polar surface area (TPSA) is 130 Å². The van der Waals surface area contributed by atoms with Crippen molar-refractivity contribution in [2.75, 3.05) is 25.7 Å². The van der Waals surface area contributed by atoms with E-state index in [0.29, 0.717) is 36.6 Å². The number of anilines is 1. The monoisotopic (exact) mass is 491 g/mol. The second-order valence-electron chi connectivity index (χ2n) is 9.06. The van der Waals surface area contributed by atoms with Crippen LogP contribution in [0, 0.1) is 21.4 Å². The number of benzene rings is 2. The lowest BCUT2D eigenvalue weighted by molar-refractivity contribution is -0.384. The molecule has 1 aliphatic rings. The molecule has 2 aromatic carbocycles. The first-order valence-electron chi connectivity index (χ1n) is 11.4. The van der Waals surface area contributed by atoms with Crippen LogP contribution in [-0.4, -0.2) is 37.0 Å². The largest absolute Gasteiger partial charge is 0.494 e. The number of ether oxygens (including phenoxy) is 2. The minimum atomic E-state index is -0.573. The van der Waals surface area contributed by atoms with Gasteiger partial charge in [0.2, 0.25) is 0 Å². The third-order valence-electron chi connectivity index (χ3n) is 6.05. The normalized spacial score (nSPS) is 14.1. The fraction of sp³-hybridized carbons (Fsp3) is 0.385. The van der Waals surface area contributed by atoms with E-state index < -0.39 is 4.92 Å². The standard InChI is InChI=1S/C26H29N5O5/c1-16-14-26(3,4)30(11-7-8-17(2)32)21-13-22(35-5)24(25(36-6)23(16)21)29-28-20-10-9-19(31(33)34)12-18(20)15-27/h9-10,12-14H,7-8,11H2,1-6H3. The van der Waals surface area contributed by atoms with Crippen LogP contribution in [0.25, 0.3) is 5.57 Å². The minimum absolute atomic E-state index is 0.0262. The molecule has 0 bridgehead atoms. The molecule has 0 radical (unpaired) electrons. The molecule has 0 unspecified atom stereocenters. The van der Waals surface area contributed by atoms with Crippen LogP contribution in [0.1, 0.15) is 51.7 Å². The highest BCUT2D eigenvalue weighted by molar-refractivity contribution is 5.90. The highest BCUT2D eigenvalue weighted by Gasteiger charge is 2.35. The molecular weight excluding hydrogens is 462 g/mol. The first-order chi connectivity index (χ1) is 17.0. The van der Waals surface area contributed by atoms with Crippen molar-refractivity contribution < 1.29 is 19.2 Å². The number of fused-ring (bicyclic) bond motifs is 1. The molecule has 2 aromatic rings. The summed E-state index contributed by atoms with van der Waals surface area (Å²) in [6.07, 6.45) is 3.33. The van der Waals surface area contributed by atoms with Crippen molar-refractivity contribution in [2.45, 2.75) is 46.1 Å². The van der Waals surface area contributed by atoms with Crippen molar-refractivity contribution >= 4 is 34.1 Å². The second kappa shape index (κ2) is 10.6. The summed E-state index contributed by atoms with van der Waals surface area (Å²) in [4.78, 5) is 24.2. The van der Waals surface area contributed by atoms with E-state index >= 15 is 0 Å². The molecule has 0 fully saturated rings. The van der Waals surface area contributed by atoms with Gasteiger partial charge in [0.15, 0.2) is 17.2 Å². The van der Waals surface area contributed by atoms with E-state index in [1.54, 1.807) is 6.92 Å². The lowest BCUT2D eigenvalue weighted by Gasteiger charge is -2.44. The van der Waals surface area contributed by atoms with Gasteiger partial charge < -0.3 is 19.2 Å². The number of nitro benzene ring substituents is 1. The van der Waals surface area contributed by atoms with Gasteiger partial charge in [0.05, 0.1) is 35.9 Å². The van der Waals surface area contributed by atoms with Gasteiger partial charge in [0.25, 0.3) is 5.69 Å². The lowest BCUT2D eigenvalue weighted by Crippen LogP contribution is -2.45. The number of ketones is 1. The Morgan fingerprint density at radius 3 is 2.53 bits per heavy atom. The molecule has 1 aliphatic heterocycles. The minimum Gasteiger partial charge on any atom is -0.494 e. The zero-order valence-electron chi connectivity index (χ0n) is 21.3. The summed E-state index contributed by atoms with van der Waals surface area (Å²) in [5.74, 6) is 1.01. The summed E-state index contributed by atoms with van der Waals surface area (Å²) < 4.78 is 11.5. The van der Waals surface area contributed by atoms with Crippen molar-refractivity contribution in [3.8, 4) is 17.6 Å². The first-order valence-corrected chi connectivity index (χ1v) is 11.4. The number of carbonyl (C=O) groups excluding carboxylic acids is 1. The Labute approximate surface area is 210 Å². The first kappa shape index (κ1) is 26.3. The van der Waals surface area contributed by atoms with Crippen LogP contribution in [-0.2, 0) is 4.79 Å². The Morgan fingerprint density at radius 1 is 1.22 bits per heavy atom. The van der Waals surface area contributed by atoms with Gasteiger partial charge >= 0.3 is 0 Å². The molecule has 0 amide bonds. The van der Waals surface area contributed by atoms with Crippen LogP contribution in [0.2, 0.25) is 0 Å². The summed E-state index contributed by atoms with van der Waals surface area (Å²) in [6, 6.07) is 7.60. The second-order valence-corrected chi connectivity index (χ2v) is 9.06. The lowest BCUT2D eigenvalue weighted by atomic mass is 9.87. The van der Waals surface area contributed by atoms with Crippen LogP contribution >= 0.6 is 0 Å². The summed E-state index contributed by atoms with van der Waals surface area (Å²) in [7, 11) is 3.05. The summed E-state index contributed by atoms with van der Waals surface area (Å²) in [6.45, 7) is 8.46. The molecule has 10 nitrogen and oxygen atoms in total. The Morgan fingerprint density at radius 2 is 1.94 bits per heavy atom. The van der Waals surface area contributed by atoms with Crippen molar-refractivity contribution in [2.24, 2.45) is 10.2 Å². The Balaban J connectivity index is 2.15. The van der Waals surface area contributed by atoms with Crippen molar-refractivity contribution in [1.29, 1.82) is 5.26 Å². The molecule has 36 heavy (non-hydrogen) atoms. The maximum absolute atomic E-state index is 11.5. The highest BCUT2D eigenvalue weighted by Crippen LogP contribution is 2.52. The number of non-ortho nitro benzene ring substituents is 1. The molecule has 3 rings (SSSR count). The molecule has 0 atom stereocenters. The van der Waals surface area contributed by atoms with Crippen molar-refractivity contribution in [3.63, 3.8) is 0 Å². The molecule has 0 spiro atoms. The van der Waals surface area contributed by atoms with Gasteiger partial charge in [-0.1, -0.05) is 6.08 Å². The van der Waals surface area contributed by atoms with E-state index in [0.717, 1.165) is 22.9 Å². The summed E-state index contributed by atoms with van der Waals surface area (Å²) >= 11 is 0. The van der Waals surface area contributed by atoms with Crippen LogP contribution in [0.3, 0.4) is 0 Å². The number of nitro groups is 1. The molecule has 0 saturated heterocycles. The zero-order chi connectivity index (χ0) is 26.6.